The molecule has 1 rings (SSSR count). The summed E-state index contributed by atoms with van der Waals surface area (Å²) >= 11 is 2.16. The van der Waals surface area contributed by atoms with E-state index in [1.807, 2.05) is 19.9 Å². The summed E-state index contributed by atoms with van der Waals surface area (Å²) < 4.78 is 1.03. The smallest absolute Gasteiger partial charge is 0.326 e. The summed E-state index contributed by atoms with van der Waals surface area (Å²) in [5.74, 6) is 0.0972. The number of anilines is 1. The van der Waals surface area contributed by atoms with Crippen molar-refractivity contribution in [3.05, 3.63) is 21.9 Å². The van der Waals surface area contributed by atoms with Gasteiger partial charge in [-0.25, -0.2) is 9.78 Å². The molecule has 16 heavy (non-hydrogen) atoms. The zero-order valence-corrected chi connectivity index (χ0v) is 11.4. The number of aromatic nitrogens is 1. The van der Waals surface area contributed by atoms with Crippen molar-refractivity contribution in [2.75, 3.05) is 5.32 Å². The molecule has 4 nitrogen and oxygen atoms in total. The van der Waals surface area contributed by atoms with Gasteiger partial charge < -0.3 is 10.4 Å². The lowest BCUT2D eigenvalue weighted by molar-refractivity contribution is -0.138. The van der Waals surface area contributed by atoms with Crippen LogP contribution in [0.3, 0.4) is 0 Å². The standard InChI is InChI=1S/C11H15IN2O2/c1-7(2)5-9(11(15)16)14-10-4-3-8(12)6-13-10/h3-4,6-7,9H,5H2,1-2H3,(H,13,14)(H,15,16). The molecular formula is C11H15IN2O2. The molecule has 0 fully saturated rings. The summed E-state index contributed by atoms with van der Waals surface area (Å²) in [4.78, 5) is 15.1. The van der Waals surface area contributed by atoms with E-state index >= 15 is 0 Å². The molecule has 0 aliphatic heterocycles. The number of aliphatic carboxylic acids is 1. The highest BCUT2D eigenvalue weighted by atomic mass is 127. The maximum Gasteiger partial charge on any atom is 0.326 e. The van der Waals surface area contributed by atoms with Gasteiger partial charge in [0.15, 0.2) is 0 Å². The number of carboxylic acid groups (broad SMARTS) is 1. The number of rotatable bonds is 5. The monoisotopic (exact) mass is 334 g/mol. The summed E-state index contributed by atoms with van der Waals surface area (Å²) in [5, 5.41) is 12.0. The van der Waals surface area contributed by atoms with Crippen molar-refractivity contribution in [3.8, 4) is 0 Å². The fourth-order valence-corrected chi connectivity index (χ4v) is 1.65. The lowest BCUT2D eigenvalue weighted by Crippen LogP contribution is -2.31. The molecule has 0 saturated heterocycles. The van der Waals surface area contributed by atoms with E-state index in [1.54, 1.807) is 12.3 Å². The zero-order valence-electron chi connectivity index (χ0n) is 9.27. The molecule has 1 atom stereocenters. The Labute approximate surface area is 109 Å². The molecule has 0 aliphatic carbocycles. The molecule has 0 amide bonds. The molecular weight excluding hydrogens is 319 g/mol. The van der Waals surface area contributed by atoms with Crippen LogP contribution in [0.4, 0.5) is 5.82 Å². The minimum atomic E-state index is -0.839. The van der Waals surface area contributed by atoms with Gasteiger partial charge in [-0.3, -0.25) is 0 Å². The molecule has 2 N–H and O–H groups in total. The fourth-order valence-electron chi connectivity index (χ4n) is 1.33. The Morgan fingerprint density at radius 2 is 2.25 bits per heavy atom. The first kappa shape index (κ1) is 13.2. The van der Waals surface area contributed by atoms with Crippen LogP contribution >= 0.6 is 22.6 Å². The maximum atomic E-state index is 11.0. The van der Waals surface area contributed by atoms with Gasteiger partial charge in [0.2, 0.25) is 0 Å². The Morgan fingerprint density at radius 3 is 2.69 bits per heavy atom. The molecule has 0 aliphatic rings. The lowest BCUT2D eigenvalue weighted by Gasteiger charge is -2.16. The van der Waals surface area contributed by atoms with Gasteiger partial charge in [-0.2, -0.15) is 0 Å². The van der Waals surface area contributed by atoms with Crippen LogP contribution in [-0.2, 0) is 4.79 Å². The van der Waals surface area contributed by atoms with Crippen molar-refractivity contribution < 1.29 is 9.90 Å². The summed E-state index contributed by atoms with van der Waals surface area (Å²) in [5.41, 5.74) is 0. The van der Waals surface area contributed by atoms with Crippen LogP contribution in [-0.4, -0.2) is 22.1 Å². The highest BCUT2D eigenvalue weighted by molar-refractivity contribution is 14.1. The van der Waals surface area contributed by atoms with Crippen molar-refractivity contribution in [1.82, 2.24) is 4.98 Å². The van der Waals surface area contributed by atoms with Gasteiger partial charge in [-0.05, 0) is 47.1 Å². The van der Waals surface area contributed by atoms with Gasteiger partial charge in [0.1, 0.15) is 11.9 Å². The number of nitrogens with zero attached hydrogens (tertiary/aromatic N) is 1. The van der Waals surface area contributed by atoms with Crippen LogP contribution in [0.2, 0.25) is 0 Å². The fraction of sp³-hybridized carbons (Fsp3) is 0.455. The largest absolute Gasteiger partial charge is 0.480 e. The van der Waals surface area contributed by atoms with E-state index in [0.29, 0.717) is 18.2 Å². The number of carbonyl (C=O) groups is 1. The van der Waals surface area contributed by atoms with E-state index in [9.17, 15) is 4.79 Å². The molecule has 5 heteroatoms. The highest BCUT2D eigenvalue weighted by Crippen LogP contribution is 2.12. The molecule has 0 spiro atoms. The quantitative estimate of drug-likeness (QED) is 0.813. The Bertz CT molecular complexity index is 352. The van der Waals surface area contributed by atoms with E-state index in [-0.39, 0.29) is 0 Å². The van der Waals surface area contributed by atoms with Crippen molar-refractivity contribution in [3.63, 3.8) is 0 Å². The van der Waals surface area contributed by atoms with E-state index in [1.165, 1.54) is 0 Å². The van der Waals surface area contributed by atoms with Crippen molar-refractivity contribution >= 4 is 34.4 Å². The third kappa shape index (κ3) is 4.34. The molecule has 0 radical (unpaired) electrons. The third-order valence-corrected chi connectivity index (χ3v) is 2.69. The van der Waals surface area contributed by atoms with Crippen LogP contribution in [0, 0.1) is 9.49 Å². The van der Waals surface area contributed by atoms with Crippen molar-refractivity contribution in [1.29, 1.82) is 0 Å². The Balaban J connectivity index is 2.68. The molecule has 0 bridgehead atoms. The number of hydrogen-bond acceptors (Lipinski definition) is 3. The highest BCUT2D eigenvalue weighted by Gasteiger charge is 2.18. The van der Waals surface area contributed by atoms with Crippen LogP contribution in [0.25, 0.3) is 0 Å². The van der Waals surface area contributed by atoms with Gasteiger partial charge in [0.25, 0.3) is 0 Å². The molecule has 1 aromatic heterocycles. The Kier molecular flexibility index (Phi) is 4.98. The number of pyridine rings is 1. The van der Waals surface area contributed by atoms with E-state index in [0.717, 1.165) is 3.57 Å². The second-order valence-corrected chi connectivity index (χ2v) is 5.27. The van der Waals surface area contributed by atoms with Gasteiger partial charge in [-0.15, -0.1) is 0 Å². The SMILES string of the molecule is CC(C)CC(Nc1ccc(I)cn1)C(=O)O. The van der Waals surface area contributed by atoms with Crippen molar-refractivity contribution in [2.45, 2.75) is 26.3 Å². The minimum Gasteiger partial charge on any atom is -0.480 e. The third-order valence-electron chi connectivity index (χ3n) is 2.05. The second kappa shape index (κ2) is 6.03. The summed E-state index contributed by atoms with van der Waals surface area (Å²) in [6.07, 6.45) is 2.29. The average Bonchev–Trinajstić information content (AvgIpc) is 2.19. The van der Waals surface area contributed by atoms with Gasteiger partial charge in [0.05, 0.1) is 0 Å². The average molecular weight is 334 g/mol. The molecule has 0 saturated carbocycles. The number of halogens is 1. The summed E-state index contributed by atoms with van der Waals surface area (Å²) in [6, 6.07) is 3.11. The Morgan fingerprint density at radius 1 is 1.56 bits per heavy atom. The maximum absolute atomic E-state index is 11.0. The number of hydrogen-bond donors (Lipinski definition) is 2. The van der Waals surface area contributed by atoms with Crippen LogP contribution in [0.5, 0.6) is 0 Å². The number of carboxylic acids is 1. The van der Waals surface area contributed by atoms with E-state index < -0.39 is 12.0 Å². The normalized spacial score (nSPS) is 12.5. The molecule has 88 valence electrons. The number of nitrogens with one attached hydrogen (secondary N) is 1. The first-order valence-corrected chi connectivity index (χ1v) is 6.18. The zero-order chi connectivity index (χ0) is 12.1. The molecule has 1 aromatic rings. The van der Waals surface area contributed by atoms with E-state index in [4.69, 9.17) is 5.11 Å². The first-order chi connectivity index (χ1) is 7.49. The molecule has 0 aromatic carbocycles. The van der Waals surface area contributed by atoms with E-state index in [2.05, 4.69) is 32.9 Å². The summed E-state index contributed by atoms with van der Waals surface area (Å²) in [6.45, 7) is 4.00. The van der Waals surface area contributed by atoms with Crippen LogP contribution in [0.15, 0.2) is 18.3 Å². The lowest BCUT2D eigenvalue weighted by atomic mass is 10.0. The predicted molar refractivity (Wildman–Crippen MR) is 71.5 cm³/mol. The van der Waals surface area contributed by atoms with Crippen LogP contribution in [0.1, 0.15) is 20.3 Å². The molecule has 1 heterocycles. The topological polar surface area (TPSA) is 62.2 Å². The van der Waals surface area contributed by atoms with Gasteiger partial charge in [0, 0.05) is 9.77 Å². The van der Waals surface area contributed by atoms with Crippen molar-refractivity contribution in [2.24, 2.45) is 5.92 Å². The molecule has 1 unspecified atom stereocenters. The predicted octanol–water partition coefficient (Wildman–Crippen LogP) is 2.60. The Hall–Kier alpha value is -0.850. The summed E-state index contributed by atoms with van der Waals surface area (Å²) in [7, 11) is 0. The van der Waals surface area contributed by atoms with Gasteiger partial charge in [-0.1, -0.05) is 13.8 Å². The van der Waals surface area contributed by atoms with Crippen LogP contribution < -0.4 is 5.32 Å². The second-order valence-electron chi connectivity index (χ2n) is 4.03. The first-order valence-electron chi connectivity index (χ1n) is 5.10. The minimum absolute atomic E-state index is 0.331. The van der Waals surface area contributed by atoms with Gasteiger partial charge >= 0.3 is 5.97 Å².